The number of fused-ring (bicyclic) bond motifs is 1. The smallest absolute Gasteiger partial charge is 0.341 e. The first-order valence-electron chi connectivity index (χ1n) is 8.79. The first-order valence-corrected chi connectivity index (χ1v) is 8.79. The van der Waals surface area contributed by atoms with Gasteiger partial charge < -0.3 is 20.3 Å². The molecule has 3 aromatic rings. The summed E-state index contributed by atoms with van der Waals surface area (Å²) in [4.78, 5) is 25.5. The lowest BCUT2D eigenvalue weighted by atomic mass is 9.97. The number of aromatic carboxylic acids is 1. The van der Waals surface area contributed by atoms with Crippen LogP contribution in [0.2, 0.25) is 0 Å². The van der Waals surface area contributed by atoms with E-state index in [1.807, 2.05) is 0 Å². The van der Waals surface area contributed by atoms with Crippen LogP contribution in [-0.2, 0) is 0 Å². The molecule has 2 unspecified atom stereocenters. The maximum absolute atomic E-state index is 15.5. The first kappa shape index (κ1) is 19.0. The summed E-state index contributed by atoms with van der Waals surface area (Å²) in [6, 6.07) is 5.08. The second kappa shape index (κ2) is 6.63. The maximum Gasteiger partial charge on any atom is 0.341 e. The topological polar surface area (TPSA) is 88.6 Å². The standard InChI is InChI=1S/C20H16F3N3O3/c1-9-15(24)8-25(9)18-14(22)6-12-17(16(18)23)26(7-13(19(12)27)20(28)29)11-4-2-10(21)3-5-11/h2-7,9,15H,8,24H2,1H3,(H,28,29). The van der Waals surface area contributed by atoms with Crippen LogP contribution in [0.25, 0.3) is 16.6 Å². The number of carboxylic acids is 1. The Morgan fingerprint density at radius 1 is 1.21 bits per heavy atom. The van der Waals surface area contributed by atoms with Gasteiger partial charge in [-0.05, 0) is 37.3 Å². The van der Waals surface area contributed by atoms with Crippen molar-refractivity contribution in [2.45, 2.75) is 19.0 Å². The van der Waals surface area contributed by atoms with Crippen LogP contribution >= 0.6 is 0 Å². The molecule has 9 heteroatoms. The van der Waals surface area contributed by atoms with Gasteiger partial charge in [0.1, 0.15) is 22.9 Å². The van der Waals surface area contributed by atoms with E-state index in [1.54, 1.807) is 6.92 Å². The molecule has 1 aromatic heterocycles. The number of halogens is 3. The molecule has 29 heavy (non-hydrogen) atoms. The molecule has 6 nitrogen and oxygen atoms in total. The van der Waals surface area contributed by atoms with Gasteiger partial charge in [-0.2, -0.15) is 0 Å². The Bertz CT molecular complexity index is 1210. The summed E-state index contributed by atoms with van der Waals surface area (Å²) in [5.74, 6) is -4.09. The Kier molecular flexibility index (Phi) is 4.34. The normalized spacial score (nSPS) is 18.7. The molecular formula is C20H16F3N3O3. The van der Waals surface area contributed by atoms with Crippen molar-refractivity contribution in [2.24, 2.45) is 5.73 Å². The van der Waals surface area contributed by atoms with Crippen molar-refractivity contribution in [2.75, 3.05) is 11.4 Å². The largest absolute Gasteiger partial charge is 0.477 e. The van der Waals surface area contributed by atoms with Crippen LogP contribution in [0, 0.1) is 17.5 Å². The van der Waals surface area contributed by atoms with E-state index < -0.39 is 39.8 Å². The fourth-order valence-electron chi connectivity index (χ4n) is 3.56. The summed E-state index contributed by atoms with van der Waals surface area (Å²) in [6.45, 7) is 1.95. The lowest BCUT2D eigenvalue weighted by Crippen LogP contribution is -2.63. The number of hydrogen-bond acceptors (Lipinski definition) is 4. The van der Waals surface area contributed by atoms with Gasteiger partial charge in [0.15, 0.2) is 5.82 Å². The van der Waals surface area contributed by atoms with E-state index in [-0.39, 0.29) is 35.5 Å². The predicted molar refractivity (Wildman–Crippen MR) is 101 cm³/mol. The van der Waals surface area contributed by atoms with Crippen LogP contribution in [0.15, 0.2) is 41.3 Å². The molecule has 150 valence electrons. The van der Waals surface area contributed by atoms with Crippen molar-refractivity contribution in [1.29, 1.82) is 0 Å². The number of anilines is 1. The van der Waals surface area contributed by atoms with Crippen molar-refractivity contribution >= 4 is 22.6 Å². The third-order valence-electron chi connectivity index (χ3n) is 5.30. The van der Waals surface area contributed by atoms with Crippen molar-refractivity contribution in [3.05, 3.63) is 69.8 Å². The zero-order chi connectivity index (χ0) is 21.0. The van der Waals surface area contributed by atoms with Gasteiger partial charge in [0.25, 0.3) is 0 Å². The zero-order valence-corrected chi connectivity index (χ0v) is 15.2. The number of hydrogen-bond donors (Lipinski definition) is 2. The van der Waals surface area contributed by atoms with Crippen molar-refractivity contribution in [3.63, 3.8) is 0 Å². The van der Waals surface area contributed by atoms with Crippen LogP contribution in [0.3, 0.4) is 0 Å². The summed E-state index contributed by atoms with van der Waals surface area (Å²) in [5.41, 5.74) is 3.74. The Balaban J connectivity index is 2.09. The number of rotatable bonds is 3. The molecule has 0 spiro atoms. The third kappa shape index (κ3) is 2.85. The molecule has 0 aliphatic carbocycles. The Morgan fingerprint density at radius 2 is 1.86 bits per heavy atom. The highest BCUT2D eigenvalue weighted by Crippen LogP contribution is 2.35. The van der Waals surface area contributed by atoms with E-state index in [0.29, 0.717) is 0 Å². The quantitative estimate of drug-likeness (QED) is 0.702. The molecule has 0 amide bonds. The predicted octanol–water partition coefficient (Wildman–Crippen LogP) is 2.64. The Labute approximate surface area is 162 Å². The molecule has 2 heterocycles. The van der Waals surface area contributed by atoms with Gasteiger partial charge in [-0.15, -0.1) is 0 Å². The summed E-state index contributed by atoms with van der Waals surface area (Å²) in [7, 11) is 0. The lowest BCUT2D eigenvalue weighted by Gasteiger charge is -2.46. The molecule has 1 saturated heterocycles. The minimum Gasteiger partial charge on any atom is -0.477 e. The summed E-state index contributed by atoms with van der Waals surface area (Å²) in [6.07, 6.45) is 0.955. The average molecular weight is 403 g/mol. The summed E-state index contributed by atoms with van der Waals surface area (Å²) >= 11 is 0. The third-order valence-corrected chi connectivity index (χ3v) is 5.30. The van der Waals surface area contributed by atoms with Gasteiger partial charge in [0, 0.05) is 30.5 Å². The number of carboxylic acid groups (broad SMARTS) is 1. The van der Waals surface area contributed by atoms with Gasteiger partial charge in [-0.3, -0.25) is 4.79 Å². The number of nitrogens with zero attached hydrogens (tertiary/aromatic N) is 2. The SMILES string of the molecule is CC1C(N)CN1c1c(F)cc2c(=O)c(C(=O)O)cn(-c3ccc(F)cc3)c2c1F. The highest BCUT2D eigenvalue weighted by Gasteiger charge is 2.37. The van der Waals surface area contributed by atoms with Crippen molar-refractivity contribution < 1.29 is 23.1 Å². The monoisotopic (exact) mass is 403 g/mol. The molecule has 3 N–H and O–H groups in total. The van der Waals surface area contributed by atoms with E-state index in [9.17, 15) is 23.5 Å². The number of nitrogens with two attached hydrogens (primary N) is 1. The molecule has 4 rings (SSSR count). The molecule has 1 fully saturated rings. The zero-order valence-electron chi connectivity index (χ0n) is 15.2. The van der Waals surface area contributed by atoms with E-state index in [4.69, 9.17) is 5.73 Å². The van der Waals surface area contributed by atoms with Crippen molar-refractivity contribution in [1.82, 2.24) is 4.57 Å². The lowest BCUT2D eigenvalue weighted by molar-refractivity contribution is 0.0695. The average Bonchev–Trinajstić information content (AvgIpc) is 2.68. The van der Waals surface area contributed by atoms with Crippen LogP contribution in [0.1, 0.15) is 17.3 Å². The molecule has 0 radical (unpaired) electrons. The van der Waals surface area contributed by atoms with E-state index in [2.05, 4.69) is 0 Å². The highest BCUT2D eigenvalue weighted by molar-refractivity contribution is 5.94. The second-order valence-electron chi connectivity index (χ2n) is 7.00. The second-order valence-corrected chi connectivity index (χ2v) is 7.00. The molecular weight excluding hydrogens is 387 g/mol. The Morgan fingerprint density at radius 3 is 2.41 bits per heavy atom. The highest BCUT2D eigenvalue weighted by atomic mass is 19.1. The number of carbonyl (C=O) groups is 1. The number of aromatic nitrogens is 1. The first-order chi connectivity index (χ1) is 13.7. The fraction of sp³-hybridized carbons (Fsp3) is 0.200. The number of benzene rings is 2. The van der Waals surface area contributed by atoms with Crippen LogP contribution in [0.4, 0.5) is 18.9 Å². The van der Waals surface area contributed by atoms with Gasteiger partial charge in [0.05, 0.1) is 10.9 Å². The van der Waals surface area contributed by atoms with Crippen molar-refractivity contribution in [3.8, 4) is 5.69 Å². The molecule has 0 bridgehead atoms. The van der Waals surface area contributed by atoms with Gasteiger partial charge in [0.2, 0.25) is 5.43 Å². The van der Waals surface area contributed by atoms with Crippen LogP contribution < -0.4 is 16.1 Å². The van der Waals surface area contributed by atoms with E-state index >= 15 is 4.39 Å². The van der Waals surface area contributed by atoms with Gasteiger partial charge in [-0.25, -0.2) is 18.0 Å². The van der Waals surface area contributed by atoms with E-state index in [0.717, 1.165) is 29.0 Å². The van der Waals surface area contributed by atoms with Gasteiger partial charge in [-0.1, -0.05) is 0 Å². The molecule has 1 aliphatic heterocycles. The molecule has 2 atom stereocenters. The molecule has 2 aromatic carbocycles. The maximum atomic E-state index is 15.5. The summed E-state index contributed by atoms with van der Waals surface area (Å²) in [5, 5.41) is 8.92. The fourth-order valence-corrected chi connectivity index (χ4v) is 3.56. The van der Waals surface area contributed by atoms with Gasteiger partial charge >= 0.3 is 5.97 Å². The number of pyridine rings is 1. The summed E-state index contributed by atoms with van der Waals surface area (Å²) < 4.78 is 44.8. The minimum atomic E-state index is -1.54. The van der Waals surface area contributed by atoms with E-state index in [1.165, 1.54) is 17.0 Å². The van der Waals surface area contributed by atoms with Crippen LogP contribution in [-0.4, -0.2) is 34.3 Å². The Hall–Kier alpha value is -3.33. The minimum absolute atomic E-state index is 0.212. The molecule has 1 aliphatic rings. The van der Waals surface area contributed by atoms with Crippen LogP contribution in [0.5, 0.6) is 0 Å². The molecule has 0 saturated carbocycles.